The molecule has 0 amide bonds. The number of carboxylic acids is 1. The van der Waals surface area contributed by atoms with Crippen molar-refractivity contribution in [1.82, 2.24) is 14.9 Å². The lowest BCUT2D eigenvalue weighted by molar-refractivity contribution is 0.0682. The quantitative estimate of drug-likeness (QED) is 0.608. The number of nitrogen functional groups attached to an aromatic ring is 1. The number of hydrogen-bond donors (Lipinski definition) is 3. The van der Waals surface area contributed by atoms with Gasteiger partial charge in [-0.2, -0.15) is 0 Å². The van der Waals surface area contributed by atoms with E-state index in [-0.39, 0.29) is 17.1 Å². The smallest absolute Gasteiger partial charge is 0.356 e. The van der Waals surface area contributed by atoms with Gasteiger partial charge in [0.2, 0.25) is 0 Å². The van der Waals surface area contributed by atoms with Crippen LogP contribution >= 0.6 is 0 Å². The van der Waals surface area contributed by atoms with Gasteiger partial charge < -0.3 is 20.7 Å². The average Bonchev–Trinajstić information content (AvgIpc) is 2.38. The third kappa shape index (κ3) is 1.56. The minimum absolute atomic E-state index is 0.0944. The van der Waals surface area contributed by atoms with Gasteiger partial charge in [0.25, 0.3) is 0 Å². The molecule has 15 heavy (non-hydrogen) atoms. The molecule has 0 saturated heterocycles. The maximum Gasteiger partial charge on any atom is 0.356 e. The predicted octanol–water partition coefficient (Wildman–Crippen LogP) is 0.0453. The number of nitrogens with two attached hydrogens (primary N) is 1. The molecule has 0 atom stereocenters. The van der Waals surface area contributed by atoms with E-state index in [1.807, 2.05) is 13.8 Å². The van der Waals surface area contributed by atoms with Crippen molar-refractivity contribution in [1.29, 1.82) is 0 Å². The first-order valence-electron chi connectivity index (χ1n) is 4.74. The Morgan fingerprint density at radius 3 is 2.93 bits per heavy atom. The van der Waals surface area contributed by atoms with E-state index < -0.39 is 5.97 Å². The normalized spacial score (nSPS) is 18.5. The van der Waals surface area contributed by atoms with Crippen molar-refractivity contribution in [2.75, 3.05) is 5.73 Å². The van der Waals surface area contributed by atoms with E-state index >= 15 is 0 Å². The molecule has 82 valence electrons. The first-order chi connectivity index (χ1) is 6.91. The number of fused-ring (bicyclic) bond motifs is 1. The molecule has 4 N–H and O–H groups in total. The van der Waals surface area contributed by atoms with Gasteiger partial charge in [0.05, 0.1) is 6.54 Å². The second kappa shape index (κ2) is 2.96. The highest BCUT2D eigenvalue weighted by Crippen LogP contribution is 2.22. The van der Waals surface area contributed by atoms with Crippen LogP contribution < -0.4 is 11.1 Å². The topological polar surface area (TPSA) is 93.2 Å². The van der Waals surface area contributed by atoms with Crippen molar-refractivity contribution in [3.63, 3.8) is 0 Å². The Hall–Kier alpha value is -1.56. The zero-order valence-corrected chi connectivity index (χ0v) is 8.74. The molecule has 1 aromatic rings. The summed E-state index contributed by atoms with van der Waals surface area (Å²) in [6.07, 6.45) is 0. The monoisotopic (exact) mass is 210 g/mol. The van der Waals surface area contributed by atoms with Crippen LogP contribution in [0.25, 0.3) is 0 Å². The third-order valence-corrected chi connectivity index (χ3v) is 2.55. The second-order valence-electron chi connectivity index (χ2n) is 4.39. The summed E-state index contributed by atoms with van der Waals surface area (Å²) >= 11 is 0. The first kappa shape index (κ1) is 9.97. The molecule has 0 radical (unpaired) electrons. The lowest BCUT2D eigenvalue weighted by atomic mass is 10.0. The van der Waals surface area contributed by atoms with Crippen molar-refractivity contribution >= 4 is 11.8 Å². The lowest BCUT2D eigenvalue weighted by Gasteiger charge is -2.32. The maximum atomic E-state index is 11.0. The Balaban J connectivity index is 2.51. The molecule has 0 aliphatic carbocycles. The van der Waals surface area contributed by atoms with Crippen molar-refractivity contribution in [2.45, 2.75) is 32.5 Å². The molecule has 2 rings (SSSR count). The fourth-order valence-electron chi connectivity index (χ4n) is 1.82. The predicted molar refractivity (Wildman–Crippen MR) is 54.5 cm³/mol. The molecule has 6 nitrogen and oxygen atoms in total. The SMILES string of the molecule is CC1(C)Cn2c(nc(N)c2C(=O)O)CN1. The number of carbonyl (C=O) groups is 1. The first-order valence-corrected chi connectivity index (χ1v) is 4.74. The summed E-state index contributed by atoms with van der Waals surface area (Å²) in [5, 5.41) is 12.3. The van der Waals surface area contributed by atoms with Crippen molar-refractivity contribution in [3.05, 3.63) is 11.5 Å². The van der Waals surface area contributed by atoms with Crippen LogP contribution in [0.1, 0.15) is 30.2 Å². The molecule has 2 heterocycles. The zero-order chi connectivity index (χ0) is 11.2. The van der Waals surface area contributed by atoms with Crippen LogP contribution in [0.5, 0.6) is 0 Å². The van der Waals surface area contributed by atoms with Gasteiger partial charge in [-0.1, -0.05) is 0 Å². The zero-order valence-electron chi connectivity index (χ0n) is 8.74. The minimum Gasteiger partial charge on any atom is -0.476 e. The van der Waals surface area contributed by atoms with Crippen molar-refractivity contribution in [2.24, 2.45) is 0 Å². The number of hydrogen-bond acceptors (Lipinski definition) is 4. The number of imidazole rings is 1. The largest absolute Gasteiger partial charge is 0.476 e. The number of carboxylic acid groups (broad SMARTS) is 1. The lowest BCUT2D eigenvalue weighted by Crippen LogP contribution is -2.47. The Labute approximate surface area is 87.1 Å². The molecule has 0 spiro atoms. The average molecular weight is 210 g/mol. The van der Waals surface area contributed by atoms with Gasteiger partial charge in [0, 0.05) is 12.1 Å². The molecule has 0 unspecified atom stereocenters. The molecule has 1 aromatic heterocycles. The van der Waals surface area contributed by atoms with E-state index in [4.69, 9.17) is 10.8 Å². The summed E-state index contributed by atoms with van der Waals surface area (Å²) in [4.78, 5) is 15.0. The van der Waals surface area contributed by atoms with Gasteiger partial charge >= 0.3 is 5.97 Å². The van der Waals surface area contributed by atoms with Crippen LogP contribution in [-0.4, -0.2) is 26.2 Å². The van der Waals surface area contributed by atoms with Gasteiger partial charge in [-0.3, -0.25) is 0 Å². The Morgan fingerprint density at radius 2 is 2.33 bits per heavy atom. The molecule has 0 fully saturated rings. The van der Waals surface area contributed by atoms with Crippen LogP contribution in [-0.2, 0) is 13.1 Å². The summed E-state index contributed by atoms with van der Waals surface area (Å²) < 4.78 is 1.67. The standard InChI is InChI=1S/C9H14N4O2/c1-9(2)4-13-5(3-11-9)12-7(10)6(13)8(14)15/h11H,3-4,10H2,1-2H3,(H,14,15). The summed E-state index contributed by atoms with van der Waals surface area (Å²) in [5.41, 5.74) is 5.53. The number of nitrogens with one attached hydrogen (secondary N) is 1. The minimum atomic E-state index is -1.02. The molecule has 1 aliphatic rings. The number of aromatic carboxylic acids is 1. The van der Waals surface area contributed by atoms with E-state index in [2.05, 4.69) is 10.3 Å². The molecule has 0 saturated carbocycles. The fraction of sp³-hybridized carbons (Fsp3) is 0.556. The molecule has 0 bridgehead atoms. The molecule has 1 aliphatic heterocycles. The van der Waals surface area contributed by atoms with Gasteiger partial charge in [-0.15, -0.1) is 0 Å². The van der Waals surface area contributed by atoms with Crippen LogP contribution in [0.2, 0.25) is 0 Å². The number of anilines is 1. The summed E-state index contributed by atoms with van der Waals surface area (Å²) in [6, 6.07) is 0. The Morgan fingerprint density at radius 1 is 1.67 bits per heavy atom. The second-order valence-corrected chi connectivity index (χ2v) is 4.39. The summed E-state index contributed by atoms with van der Waals surface area (Å²) in [5.74, 6) is -0.245. The fourth-order valence-corrected chi connectivity index (χ4v) is 1.82. The highest BCUT2D eigenvalue weighted by Gasteiger charge is 2.30. The molecule has 0 aromatic carbocycles. The van der Waals surface area contributed by atoms with Crippen LogP contribution in [0.3, 0.4) is 0 Å². The molecular weight excluding hydrogens is 196 g/mol. The van der Waals surface area contributed by atoms with Gasteiger partial charge in [0.1, 0.15) is 5.82 Å². The highest BCUT2D eigenvalue weighted by molar-refractivity contribution is 5.91. The Bertz CT molecular complexity index is 422. The van der Waals surface area contributed by atoms with Gasteiger partial charge in [0.15, 0.2) is 11.5 Å². The number of nitrogens with zero attached hydrogens (tertiary/aromatic N) is 2. The highest BCUT2D eigenvalue weighted by atomic mass is 16.4. The van der Waals surface area contributed by atoms with Crippen molar-refractivity contribution in [3.8, 4) is 0 Å². The van der Waals surface area contributed by atoms with E-state index in [9.17, 15) is 4.79 Å². The third-order valence-electron chi connectivity index (χ3n) is 2.55. The van der Waals surface area contributed by atoms with Gasteiger partial charge in [-0.25, -0.2) is 9.78 Å². The maximum absolute atomic E-state index is 11.0. The van der Waals surface area contributed by atoms with Crippen LogP contribution in [0.15, 0.2) is 0 Å². The van der Waals surface area contributed by atoms with Crippen molar-refractivity contribution < 1.29 is 9.90 Å². The Kier molecular flexibility index (Phi) is 1.97. The van der Waals surface area contributed by atoms with E-state index in [0.29, 0.717) is 18.9 Å². The van der Waals surface area contributed by atoms with E-state index in [1.54, 1.807) is 4.57 Å². The van der Waals surface area contributed by atoms with Crippen LogP contribution in [0.4, 0.5) is 5.82 Å². The molecule has 6 heteroatoms. The van der Waals surface area contributed by atoms with E-state index in [0.717, 1.165) is 0 Å². The summed E-state index contributed by atoms with van der Waals surface area (Å²) in [6.45, 7) is 5.13. The van der Waals surface area contributed by atoms with Gasteiger partial charge in [-0.05, 0) is 13.8 Å². The van der Waals surface area contributed by atoms with E-state index in [1.165, 1.54) is 0 Å². The summed E-state index contributed by atoms with van der Waals surface area (Å²) in [7, 11) is 0. The van der Waals surface area contributed by atoms with Crippen LogP contribution in [0, 0.1) is 0 Å². The number of aromatic nitrogens is 2. The number of rotatable bonds is 1. The molecular formula is C9H14N4O2.